The predicted molar refractivity (Wildman–Crippen MR) is 73.8 cm³/mol. The minimum atomic E-state index is 0.330. The Bertz CT molecular complexity index is 877. The summed E-state index contributed by atoms with van der Waals surface area (Å²) < 4.78 is 11.1. The van der Waals surface area contributed by atoms with E-state index < -0.39 is 0 Å². The van der Waals surface area contributed by atoms with Gasteiger partial charge in [-0.05, 0) is 24.6 Å². The summed E-state index contributed by atoms with van der Waals surface area (Å²) in [6.45, 7) is 2.01. The van der Waals surface area contributed by atoms with E-state index in [0.29, 0.717) is 23.1 Å². The zero-order valence-corrected chi connectivity index (χ0v) is 10.6. The third-order valence-electron chi connectivity index (χ3n) is 2.95. The second-order valence-corrected chi connectivity index (χ2v) is 4.48. The summed E-state index contributed by atoms with van der Waals surface area (Å²) in [6, 6.07) is 8.26. The van der Waals surface area contributed by atoms with Gasteiger partial charge in [0.05, 0.1) is 6.20 Å². The number of rotatable bonds is 2. The highest BCUT2D eigenvalue weighted by atomic mass is 16.4. The highest BCUT2D eigenvalue weighted by molar-refractivity contribution is 5.76. The molecule has 98 valence electrons. The van der Waals surface area contributed by atoms with E-state index in [2.05, 4.69) is 20.3 Å². The van der Waals surface area contributed by atoms with E-state index in [0.717, 1.165) is 16.7 Å². The van der Waals surface area contributed by atoms with Crippen LogP contribution in [0.4, 0.5) is 12.0 Å². The van der Waals surface area contributed by atoms with Gasteiger partial charge in [0.25, 0.3) is 0 Å². The van der Waals surface area contributed by atoms with E-state index in [9.17, 15) is 0 Å². The molecule has 6 heteroatoms. The van der Waals surface area contributed by atoms with Crippen molar-refractivity contribution in [3.8, 4) is 0 Å². The van der Waals surface area contributed by atoms with Gasteiger partial charge in [-0.1, -0.05) is 6.07 Å². The zero-order chi connectivity index (χ0) is 13.5. The third kappa shape index (κ3) is 1.78. The van der Waals surface area contributed by atoms with Crippen molar-refractivity contribution in [2.45, 2.75) is 6.92 Å². The number of nitrogens with one attached hydrogen (secondary N) is 1. The highest BCUT2D eigenvalue weighted by Gasteiger charge is 2.10. The lowest BCUT2D eigenvalue weighted by Crippen LogP contribution is -1.89. The predicted octanol–water partition coefficient (Wildman–Crippen LogP) is 3.42. The van der Waals surface area contributed by atoms with Gasteiger partial charge in [0.2, 0.25) is 0 Å². The molecule has 6 nitrogen and oxygen atoms in total. The Kier molecular flexibility index (Phi) is 2.23. The quantitative estimate of drug-likeness (QED) is 0.599. The fourth-order valence-electron chi connectivity index (χ4n) is 2.02. The van der Waals surface area contributed by atoms with Gasteiger partial charge in [-0.2, -0.15) is 9.97 Å². The van der Waals surface area contributed by atoms with Crippen molar-refractivity contribution in [2.75, 3.05) is 5.32 Å². The number of nitrogens with zero attached hydrogens (tertiary/aromatic N) is 3. The van der Waals surface area contributed by atoms with E-state index in [1.54, 1.807) is 18.5 Å². The number of pyridine rings is 1. The van der Waals surface area contributed by atoms with Crippen LogP contribution in [-0.4, -0.2) is 15.0 Å². The first-order valence-corrected chi connectivity index (χ1v) is 6.13. The topological polar surface area (TPSA) is 77.0 Å². The molecule has 0 saturated heterocycles. The molecule has 0 bridgehead atoms. The standard InChI is InChI=1S/C14H10N4O2/c1-8-2-3-11-9(6-8)16-13(19-11)18-14-17-10-7-15-5-4-12(10)20-14/h2-7H,1H3,(H,16,17,18). The Morgan fingerprint density at radius 1 is 0.950 bits per heavy atom. The molecular formula is C14H10N4O2. The van der Waals surface area contributed by atoms with E-state index in [1.165, 1.54) is 0 Å². The van der Waals surface area contributed by atoms with Crippen LogP contribution < -0.4 is 5.32 Å². The van der Waals surface area contributed by atoms with E-state index in [1.807, 2.05) is 25.1 Å². The molecule has 0 amide bonds. The third-order valence-corrected chi connectivity index (χ3v) is 2.95. The number of fused-ring (bicyclic) bond motifs is 2. The summed E-state index contributed by atoms with van der Waals surface area (Å²) >= 11 is 0. The maximum absolute atomic E-state index is 5.59. The number of hydrogen-bond donors (Lipinski definition) is 1. The second kappa shape index (κ2) is 4.06. The van der Waals surface area contributed by atoms with E-state index in [4.69, 9.17) is 8.83 Å². The summed E-state index contributed by atoms with van der Waals surface area (Å²) in [7, 11) is 0. The molecular weight excluding hydrogens is 256 g/mol. The van der Waals surface area contributed by atoms with Crippen LogP contribution in [0.15, 0.2) is 45.5 Å². The average Bonchev–Trinajstić information content (AvgIpc) is 3.00. The first-order chi connectivity index (χ1) is 9.78. The van der Waals surface area contributed by atoms with Gasteiger partial charge in [-0.15, -0.1) is 0 Å². The smallest absolute Gasteiger partial charge is 0.303 e. The SMILES string of the molecule is Cc1ccc2oc(Nc3nc4cnccc4o3)nc2c1. The molecule has 20 heavy (non-hydrogen) atoms. The molecule has 0 saturated carbocycles. The van der Waals surface area contributed by atoms with Gasteiger partial charge in [0.1, 0.15) is 11.0 Å². The Morgan fingerprint density at radius 3 is 2.50 bits per heavy atom. The number of hydrogen-bond acceptors (Lipinski definition) is 6. The number of oxazole rings is 2. The molecule has 3 heterocycles. The Morgan fingerprint density at radius 2 is 1.70 bits per heavy atom. The summed E-state index contributed by atoms with van der Waals surface area (Å²) in [4.78, 5) is 12.6. The van der Waals surface area contributed by atoms with Crippen LogP contribution in [0.1, 0.15) is 5.56 Å². The fraction of sp³-hybridized carbons (Fsp3) is 0.0714. The van der Waals surface area contributed by atoms with Crippen LogP contribution in [0.3, 0.4) is 0 Å². The van der Waals surface area contributed by atoms with Crippen LogP contribution in [0, 0.1) is 6.92 Å². The lowest BCUT2D eigenvalue weighted by molar-refractivity contribution is 0.591. The Labute approximate surface area is 113 Å². The molecule has 1 N–H and O–H groups in total. The summed E-state index contributed by atoms with van der Waals surface area (Å²) in [6.07, 6.45) is 3.29. The molecule has 1 aromatic carbocycles. The molecule has 0 unspecified atom stereocenters. The zero-order valence-electron chi connectivity index (χ0n) is 10.6. The molecule has 4 rings (SSSR count). The first kappa shape index (κ1) is 11.0. The van der Waals surface area contributed by atoms with Gasteiger partial charge >= 0.3 is 12.0 Å². The molecule has 0 radical (unpaired) electrons. The summed E-state index contributed by atoms with van der Waals surface area (Å²) in [5.41, 5.74) is 3.99. The van der Waals surface area contributed by atoms with Crippen LogP contribution in [-0.2, 0) is 0 Å². The Balaban J connectivity index is 1.72. The van der Waals surface area contributed by atoms with Crippen molar-refractivity contribution in [1.29, 1.82) is 0 Å². The molecule has 0 aliphatic heterocycles. The molecule has 0 atom stereocenters. The monoisotopic (exact) mass is 266 g/mol. The average molecular weight is 266 g/mol. The minimum absolute atomic E-state index is 0.330. The van der Waals surface area contributed by atoms with Crippen molar-refractivity contribution in [3.63, 3.8) is 0 Å². The van der Waals surface area contributed by atoms with Crippen LogP contribution in [0.2, 0.25) is 0 Å². The molecule has 0 fully saturated rings. The maximum atomic E-state index is 5.59. The maximum Gasteiger partial charge on any atom is 0.303 e. The first-order valence-electron chi connectivity index (χ1n) is 6.13. The van der Waals surface area contributed by atoms with E-state index in [-0.39, 0.29) is 0 Å². The lowest BCUT2D eigenvalue weighted by atomic mass is 10.2. The molecule has 3 aromatic heterocycles. The van der Waals surface area contributed by atoms with Gasteiger partial charge in [0, 0.05) is 12.3 Å². The number of aromatic nitrogens is 3. The lowest BCUT2D eigenvalue weighted by Gasteiger charge is -1.91. The summed E-state index contributed by atoms with van der Waals surface area (Å²) in [5, 5.41) is 2.92. The molecule has 0 spiro atoms. The second-order valence-electron chi connectivity index (χ2n) is 4.48. The van der Waals surface area contributed by atoms with Gasteiger partial charge < -0.3 is 8.83 Å². The number of benzene rings is 1. The molecule has 0 aliphatic carbocycles. The number of aryl methyl sites for hydroxylation is 1. The van der Waals surface area contributed by atoms with Crippen LogP contribution in [0.5, 0.6) is 0 Å². The van der Waals surface area contributed by atoms with E-state index >= 15 is 0 Å². The van der Waals surface area contributed by atoms with Gasteiger partial charge in [-0.3, -0.25) is 10.3 Å². The molecule has 0 aliphatic rings. The summed E-state index contributed by atoms with van der Waals surface area (Å²) in [5.74, 6) is 0. The largest absolute Gasteiger partial charge is 0.423 e. The Hall–Kier alpha value is -2.89. The minimum Gasteiger partial charge on any atom is -0.423 e. The fourth-order valence-corrected chi connectivity index (χ4v) is 2.02. The van der Waals surface area contributed by atoms with Crippen LogP contribution in [0.25, 0.3) is 22.2 Å². The van der Waals surface area contributed by atoms with Gasteiger partial charge in [0.15, 0.2) is 11.2 Å². The van der Waals surface area contributed by atoms with Gasteiger partial charge in [-0.25, -0.2) is 0 Å². The van der Waals surface area contributed by atoms with Crippen molar-refractivity contribution in [2.24, 2.45) is 0 Å². The van der Waals surface area contributed by atoms with Crippen molar-refractivity contribution >= 4 is 34.2 Å². The van der Waals surface area contributed by atoms with Crippen molar-refractivity contribution < 1.29 is 8.83 Å². The molecule has 4 aromatic rings. The highest BCUT2D eigenvalue weighted by Crippen LogP contribution is 2.24. The van der Waals surface area contributed by atoms with Crippen molar-refractivity contribution in [1.82, 2.24) is 15.0 Å². The van der Waals surface area contributed by atoms with Crippen molar-refractivity contribution in [3.05, 3.63) is 42.2 Å². The normalized spacial score (nSPS) is 11.2. The number of anilines is 2. The van der Waals surface area contributed by atoms with Crippen LogP contribution >= 0.6 is 0 Å².